The minimum Gasteiger partial charge on any atom is -0.461 e. The van der Waals surface area contributed by atoms with Crippen LogP contribution in [-0.2, 0) is 33.3 Å². The predicted octanol–water partition coefficient (Wildman–Crippen LogP) is 2.99. The smallest absolute Gasteiger partial charge is 0.336 e. The van der Waals surface area contributed by atoms with Gasteiger partial charge in [-0.25, -0.2) is 4.79 Å². The van der Waals surface area contributed by atoms with E-state index in [-0.39, 0.29) is 17.9 Å². The summed E-state index contributed by atoms with van der Waals surface area (Å²) in [6.07, 6.45) is -4.65. The van der Waals surface area contributed by atoms with Crippen LogP contribution < -0.4 is 10.4 Å². The van der Waals surface area contributed by atoms with Crippen LogP contribution in [0.25, 0.3) is 22.1 Å². The molecule has 1 aliphatic heterocycles. The fraction of sp³-hybridized carbons (Fsp3) is 0.308. The maximum atomic E-state index is 12.2. The van der Waals surface area contributed by atoms with Gasteiger partial charge in [-0.3, -0.25) is 14.4 Å². The monoisotopic (exact) mass is 496 g/mol. The summed E-state index contributed by atoms with van der Waals surface area (Å²) in [5.74, 6) is -1.74. The Morgan fingerprint density at radius 3 is 2.17 bits per heavy atom. The van der Waals surface area contributed by atoms with E-state index >= 15 is 0 Å². The van der Waals surface area contributed by atoms with Crippen molar-refractivity contribution in [2.24, 2.45) is 0 Å². The Hall–Kier alpha value is -4.18. The Morgan fingerprint density at radius 2 is 1.50 bits per heavy atom. The molecular formula is C26H24O10. The minimum atomic E-state index is -1.25. The molecule has 10 heteroatoms. The summed E-state index contributed by atoms with van der Waals surface area (Å²) in [5.41, 5.74) is 1.27. The standard InChI is InChI=1S/C26H24O10/c1-14(27)32-22-13-31-26(25(34-16(3)29)24(22)33-15(2)28)35-18-9-10-19-20(17-7-5-4-6-8-17)12-23(30)36-21(19)11-18/h4-12,22,24-26H,13H2,1-3H3/t22-,24+,25-,26+/m0/s1. The molecule has 1 saturated heterocycles. The van der Waals surface area contributed by atoms with Gasteiger partial charge in [-0.05, 0) is 23.3 Å². The van der Waals surface area contributed by atoms with Crippen molar-refractivity contribution in [1.29, 1.82) is 0 Å². The average Bonchev–Trinajstić information content (AvgIpc) is 2.81. The molecular weight excluding hydrogens is 472 g/mol. The molecule has 0 N–H and O–H groups in total. The van der Waals surface area contributed by atoms with Crippen LogP contribution in [-0.4, -0.2) is 49.1 Å². The second kappa shape index (κ2) is 10.6. The molecule has 0 unspecified atom stereocenters. The molecule has 0 saturated carbocycles. The second-order valence-corrected chi connectivity index (χ2v) is 8.12. The molecule has 188 valence electrons. The van der Waals surface area contributed by atoms with Crippen LogP contribution in [0.15, 0.2) is 63.8 Å². The molecule has 0 spiro atoms. The zero-order chi connectivity index (χ0) is 25.8. The molecule has 1 aromatic heterocycles. The normalized spacial score (nSPS) is 21.4. The maximum Gasteiger partial charge on any atom is 0.336 e. The highest BCUT2D eigenvalue weighted by Gasteiger charge is 2.48. The average molecular weight is 496 g/mol. The van der Waals surface area contributed by atoms with Crippen molar-refractivity contribution in [2.75, 3.05) is 6.61 Å². The number of hydrogen-bond acceptors (Lipinski definition) is 10. The topological polar surface area (TPSA) is 128 Å². The molecule has 1 fully saturated rings. The second-order valence-electron chi connectivity index (χ2n) is 8.12. The minimum absolute atomic E-state index is 0.180. The number of benzene rings is 2. The molecule has 0 radical (unpaired) electrons. The van der Waals surface area contributed by atoms with E-state index in [0.717, 1.165) is 5.56 Å². The fourth-order valence-electron chi connectivity index (χ4n) is 4.02. The first-order chi connectivity index (χ1) is 17.2. The molecule has 0 bridgehead atoms. The van der Waals surface area contributed by atoms with Crippen molar-refractivity contribution in [3.63, 3.8) is 0 Å². The van der Waals surface area contributed by atoms with Crippen LogP contribution >= 0.6 is 0 Å². The lowest BCUT2D eigenvalue weighted by Crippen LogP contribution is -2.59. The van der Waals surface area contributed by atoms with E-state index in [4.69, 9.17) is 28.1 Å². The number of carbonyl (C=O) groups is 3. The van der Waals surface area contributed by atoms with E-state index in [9.17, 15) is 19.2 Å². The van der Waals surface area contributed by atoms with E-state index in [0.29, 0.717) is 10.9 Å². The lowest BCUT2D eigenvalue weighted by molar-refractivity contribution is -0.259. The number of rotatable bonds is 6. The molecule has 2 heterocycles. The molecule has 36 heavy (non-hydrogen) atoms. The van der Waals surface area contributed by atoms with Gasteiger partial charge in [0.25, 0.3) is 0 Å². The Morgan fingerprint density at radius 1 is 0.833 bits per heavy atom. The molecule has 1 aliphatic rings. The summed E-state index contributed by atoms with van der Waals surface area (Å²) < 4.78 is 32.9. The lowest BCUT2D eigenvalue weighted by Gasteiger charge is -2.40. The third-order valence-corrected chi connectivity index (χ3v) is 5.36. The quantitative estimate of drug-likeness (QED) is 0.285. The first-order valence-electron chi connectivity index (χ1n) is 11.1. The van der Waals surface area contributed by atoms with Crippen molar-refractivity contribution >= 4 is 28.9 Å². The molecule has 2 aromatic carbocycles. The number of carbonyl (C=O) groups excluding carboxylic acids is 3. The van der Waals surface area contributed by atoms with E-state index in [1.165, 1.54) is 32.9 Å². The number of ether oxygens (including phenoxy) is 5. The van der Waals surface area contributed by atoms with Gasteiger partial charge in [0, 0.05) is 38.3 Å². The summed E-state index contributed by atoms with van der Waals surface area (Å²) in [6.45, 7) is 3.37. The van der Waals surface area contributed by atoms with Crippen LogP contribution in [0, 0.1) is 0 Å². The largest absolute Gasteiger partial charge is 0.461 e. The third kappa shape index (κ3) is 5.72. The number of hydrogen-bond donors (Lipinski definition) is 0. The van der Waals surface area contributed by atoms with Crippen LogP contribution in [0.3, 0.4) is 0 Å². The lowest BCUT2D eigenvalue weighted by atomic mass is 10.0. The zero-order valence-electron chi connectivity index (χ0n) is 19.8. The fourth-order valence-corrected chi connectivity index (χ4v) is 4.02. The summed E-state index contributed by atoms with van der Waals surface area (Å²) in [6, 6.07) is 15.7. The van der Waals surface area contributed by atoms with Gasteiger partial charge in [-0.15, -0.1) is 0 Å². The Bertz CT molecular complexity index is 1330. The summed E-state index contributed by atoms with van der Waals surface area (Å²) in [5, 5.41) is 0.682. The van der Waals surface area contributed by atoms with E-state index in [2.05, 4.69) is 0 Å². The van der Waals surface area contributed by atoms with E-state index in [1.807, 2.05) is 30.3 Å². The maximum absolute atomic E-state index is 12.2. The van der Waals surface area contributed by atoms with E-state index < -0.39 is 48.1 Å². The number of fused-ring (bicyclic) bond motifs is 1. The molecule has 0 aliphatic carbocycles. The van der Waals surface area contributed by atoms with Gasteiger partial charge in [-0.1, -0.05) is 30.3 Å². The van der Waals surface area contributed by atoms with Crippen molar-refractivity contribution < 1.29 is 42.5 Å². The Balaban J connectivity index is 1.66. The van der Waals surface area contributed by atoms with Gasteiger partial charge in [-0.2, -0.15) is 0 Å². The highest BCUT2D eigenvalue weighted by Crippen LogP contribution is 2.32. The van der Waals surface area contributed by atoms with Gasteiger partial charge < -0.3 is 28.1 Å². The van der Waals surface area contributed by atoms with Crippen LogP contribution in [0.4, 0.5) is 0 Å². The molecule has 4 rings (SSSR count). The summed E-state index contributed by atoms with van der Waals surface area (Å²) >= 11 is 0. The SMILES string of the molecule is CC(=O)O[C@@H]1[C@@H](Oc2ccc3c(-c4ccccc4)cc(=O)oc3c2)OC[C@H](OC(C)=O)[C@H]1OC(C)=O. The van der Waals surface area contributed by atoms with Crippen LogP contribution in [0.5, 0.6) is 5.75 Å². The molecule has 4 atom stereocenters. The first-order valence-corrected chi connectivity index (χ1v) is 11.1. The van der Waals surface area contributed by atoms with Crippen LogP contribution in [0.1, 0.15) is 20.8 Å². The van der Waals surface area contributed by atoms with Gasteiger partial charge >= 0.3 is 23.5 Å². The van der Waals surface area contributed by atoms with Gasteiger partial charge in [0.1, 0.15) is 11.3 Å². The highest BCUT2D eigenvalue weighted by atomic mass is 16.7. The molecule has 10 nitrogen and oxygen atoms in total. The van der Waals surface area contributed by atoms with Crippen molar-refractivity contribution in [3.05, 3.63) is 65.0 Å². The van der Waals surface area contributed by atoms with Crippen molar-refractivity contribution in [1.82, 2.24) is 0 Å². The predicted molar refractivity (Wildman–Crippen MR) is 125 cm³/mol. The highest BCUT2D eigenvalue weighted by molar-refractivity contribution is 5.93. The van der Waals surface area contributed by atoms with Crippen molar-refractivity contribution in [3.8, 4) is 16.9 Å². The Kier molecular flexibility index (Phi) is 7.35. The summed E-state index contributed by atoms with van der Waals surface area (Å²) in [4.78, 5) is 47.3. The Labute approximate surface area is 205 Å². The van der Waals surface area contributed by atoms with Crippen molar-refractivity contribution in [2.45, 2.75) is 45.4 Å². The number of esters is 3. The molecule has 3 aromatic rings. The molecule has 0 amide bonds. The van der Waals surface area contributed by atoms with Gasteiger partial charge in [0.05, 0.1) is 6.61 Å². The zero-order valence-corrected chi connectivity index (χ0v) is 19.8. The van der Waals surface area contributed by atoms with Gasteiger partial charge in [0.15, 0.2) is 12.2 Å². The third-order valence-electron chi connectivity index (χ3n) is 5.36. The summed E-state index contributed by atoms with van der Waals surface area (Å²) in [7, 11) is 0. The first kappa shape index (κ1) is 24.9. The van der Waals surface area contributed by atoms with Crippen LogP contribution in [0.2, 0.25) is 0 Å². The van der Waals surface area contributed by atoms with Gasteiger partial charge in [0.2, 0.25) is 12.4 Å². The van der Waals surface area contributed by atoms with E-state index in [1.54, 1.807) is 12.1 Å².